The lowest BCUT2D eigenvalue weighted by molar-refractivity contribution is -0.114. The average molecular weight is 372 g/mol. The minimum absolute atomic E-state index is 0.0935. The molecular formula is C21H20N6O. The van der Waals surface area contributed by atoms with Crippen LogP contribution in [0.25, 0.3) is 27.8 Å². The molecule has 0 atom stereocenters. The summed E-state index contributed by atoms with van der Waals surface area (Å²) in [7, 11) is 0. The van der Waals surface area contributed by atoms with E-state index in [-0.39, 0.29) is 5.91 Å². The maximum atomic E-state index is 11.2. The number of anilines is 2. The molecule has 140 valence electrons. The Labute approximate surface area is 162 Å². The Morgan fingerprint density at radius 2 is 1.68 bits per heavy atom. The minimum atomic E-state index is -0.0935. The Balaban J connectivity index is 1.67. The normalized spacial score (nSPS) is 14.1. The number of carbonyl (C=O) groups excluding carboxylic acids is 1. The van der Waals surface area contributed by atoms with Crippen LogP contribution in [-0.2, 0) is 4.79 Å². The summed E-state index contributed by atoms with van der Waals surface area (Å²) < 4.78 is 1.84. The van der Waals surface area contributed by atoms with Gasteiger partial charge >= 0.3 is 0 Å². The molecule has 1 fully saturated rings. The first-order valence-electron chi connectivity index (χ1n) is 9.48. The summed E-state index contributed by atoms with van der Waals surface area (Å²) in [5.74, 6) is 1.58. The number of nitrogens with zero attached hydrogens (tertiary/aromatic N) is 5. The summed E-state index contributed by atoms with van der Waals surface area (Å²) in [6, 6.07) is 15.8. The molecular weight excluding hydrogens is 352 g/mol. The molecule has 0 radical (unpaired) electrons. The van der Waals surface area contributed by atoms with Crippen molar-refractivity contribution in [1.29, 1.82) is 0 Å². The first-order valence-corrected chi connectivity index (χ1v) is 9.48. The molecule has 0 aliphatic carbocycles. The van der Waals surface area contributed by atoms with E-state index in [1.807, 2.05) is 40.9 Å². The SMILES string of the molecule is CC(=O)Nc1ccc(-c2nnc3c4ccccc4c(N4CCCC4)nn23)cc1. The third-order valence-electron chi connectivity index (χ3n) is 5.11. The van der Waals surface area contributed by atoms with Crippen molar-refractivity contribution < 1.29 is 4.79 Å². The van der Waals surface area contributed by atoms with Crippen molar-refractivity contribution in [3.8, 4) is 11.4 Å². The third kappa shape index (κ3) is 2.76. The Kier molecular flexibility index (Phi) is 3.93. The van der Waals surface area contributed by atoms with Gasteiger partial charge in [0.15, 0.2) is 17.3 Å². The summed E-state index contributed by atoms with van der Waals surface area (Å²) in [6.45, 7) is 3.53. The van der Waals surface area contributed by atoms with Gasteiger partial charge in [0.2, 0.25) is 5.91 Å². The Bertz CT molecular complexity index is 1170. The van der Waals surface area contributed by atoms with Crippen LogP contribution in [0, 0.1) is 0 Å². The molecule has 2 aromatic heterocycles. The van der Waals surface area contributed by atoms with Gasteiger partial charge in [-0.15, -0.1) is 15.3 Å². The van der Waals surface area contributed by atoms with E-state index in [9.17, 15) is 4.79 Å². The molecule has 7 heteroatoms. The number of carbonyl (C=O) groups is 1. The summed E-state index contributed by atoms with van der Waals surface area (Å²) in [5, 5.41) is 18.7. The van der Waals surface area contributed by atoms with Crippen LogP contribution in [0.4, 0.5) is 11.5 Å². The molecule has 0 bridgehead atoms. The van der Waals surface area contributed by atoms with Crippen LogP contribution in [0.15, 0.2) is 48.5 Å². The molecule has 5 rings (SSSR count). The van der Waals surface area contributed by atoms with E-state index in [1.165, 1.54) is 19.8 Å². The topological polar surface area (TPSA) is 75.4 Å². The fourth-order valence-electron chi connectivity index (χ4n) is 3.81. The zero-order chi connectivity index (χ0) is 19.1. The number of aromatic nitrogens is 4. The van der Waals surface area contributed by atoms with E-state index in [0.29, 0.717) is 5.82 Å². The highest BCUT2D eigenvalue weighted by Crippen LogP contribution is 2.31. The smallest absolute Gasteiger partial charge is 0.221 e. The van der Waals surface area contributed by atoms with Gasteiger partial charge in [0.1, 0.15) is 0 Å². The van der Waals surface area contributed by atoms with Crippen molar-refractivity contribution in [3.05, 3.63) is 48.5 Å². The van der Waals surface area contributed by atoms with Gasteiger partial charge < -0.3 is 10.2 Å². The molecule has 7 nitrogen and oxygen atoms in total. The largest absolute Gasteiger partial charge is 0.355 e. The van der Waals surface area contributed by atoms with E-state index in [4.69, 9.17) is 5.10 Å². The van der Waals surface area contributed by atoms with Crippen molar-refractivity contribution in [2.24, 2.45) is 0 Å². The molecule has 0 unspecified atom stereocenters. The molecule has 1 N–H and O–H groups in total. The van der Waals surface area contributed by atoms with Crippen molar-refractivity contribution in [1.82, 2.24) is 19.8 Å². The highest BCUT2D eigenvalue weighted by atomic mass is 16.1. The first-order chi connectivity index (χ1) is 13.7. The molecule has 28 heavy (non-hydrogen) atoms. The number of hydrogen-bond acceptors (Lipinski definition) is 5. The van der Waals surface area contributed by atoms with E-state index in [2.05, 4.69) is 32.5 Å². The number of hydrogen-bond donors (Lipinski definition) is 1. The van der Waals surface area contributed by atoms with Crippen LogP contribution in [0.5, 0.6) is 0 Å². The summed E-state index contributed by atoms with van der Waals surface area (Å²) in [4.78, 5) is 13.6. The Hall–Kier alpha value is -3.48. The highest BCUT2D eigenvalue weighted by molar-refractivity contribution is 6.00. The third-order valence-corrected chi connectivity index (χ3v) is 5.11. The average Bonchev–Trinajstić information content (AvgIpc) is 3.37. The lowest BCUT2D eigenvalue weighted by atomic mass is 10.1. The second-order valence-electron chi connectivity index (χ2n) is 7.08. The lowest BCUT2D eigenvalue weighted by Gasteiger charge is -2.18. The minimum Gasteiger partial charge on any atom is -0.355 e. The first kappa shape index (κ1) is 16.7. The lowest BCUT2D eigenvalue weighted by Crippen LogP contribution is -2.20. The predicted octanol–water partition coefficient (Wildman–Crippen LogP) is 3.50. The Morgan fingerprint density at radius 3 is 2.39 bits per heavy atom. The van der Waals surface area contributed by atoms with Crippen LogP contribution in [-0.4, -0.2) is 38.8 Å². The maximum absolute atomic E-state index is 11.2. The molecule has 0 saturated carbocycles. The number of fused-ring (bicyclic) bond motifs is 3. The van der Waals surface area contributed by atoms with Gasteiger partial charge in [-0.3, -0.25) is 4.79 Å². The fraction of sp³-hybridized carbons (Fsp3) is 0.238. The molecule has 1 aliphatic heterocycles. The molecule has 3 heterocycles. The van der Waals surface area contributed by atoms with Gasteiger partial charge in [0, 0.05) is 42.0 Å². The zero-order valence-electron chi connectivity index (χ0n) is 15.6. The van der Waals surface area contributed by atoms with Gasteiger partial charge in [-0.25, -0.2) is 0 Å². The van der Waals surface area contributed by atoms with Crippen molar-refractivity contribution in [2.45, 2.75) is 19.8 Å². The number of nitrogens with one attached hydrogen (secondary N) is 1. The zero-order valence-corrected chi connectivity index (χ0v) is 15.6. The van der Waals surface area contributed by atoms with Gasteiger partial charge in [0.25, 0.3) is 0 Å². The summed E-state index contributed by atoms with van der Waals surface area (Å²) >= 11 is 0. The van der Waals surface area contributed by atoms with Crippen molar-refractivity contribution in [2.75, 3.05) is 23.3 Å². The van der Waals surface area contributed by atoms with Crippen molar-refractivity contribution in [3.63, 3.8) is 0 Å². The second kappa shape index (κ2) is 6.60. The standard InChI is InChI=1S/C21H20N6O/c1-14(28)22-16-10-8-15(9-11-16)19-23-24-20-17-6-2-3-7-18(17)21(25-27(19)20)26-12-4-5-13-26/h2-3,6-11H,4-5,12-13H2,1H3,(H,22,28). The molecule has 1 saturated heterocycles. The van der Waals surface area contributed by atoms with E-state index in [1.54, 1.807) is 0 Å². The molecule has 0 spiro atoms. The second-order valence-corrected chi connectivity index (χ2v) is 7.08. The van der Waals surface area contributed by atoms with Crippen LogP contribution in [0.3, 0.4) is 0 Å². The van der Waals surface area contributed by atoms with Gasteiger partial charge in [-0.2, -0.15) is 4.52 Å². The number of rotatable bonds is 3. The van der Waals surface area contributed by atoms with E-state index in [0.717, 1.165) is 46.6 Å². The van der Waals surface area contributed by atoms with Crippen LogP contribution in [0.1, 0.15) is 19.8 Å². The van der Waals surface area contributed by atoms with Crippen LogP contribution in [0.2, 0.25) is 0 Å². The summed E-state index contributed by atoms with van der Waals surface area (Å²) in [5.41, 5.74) is 2.40. The Morgan fingerprint density at radius 1 is 0.964 bits per heavy atom. The molecule has 1 aliphatic rings. The maximum Gasteiger partial charge on any atom is 0.221 e. The van der Waals surface area contributed by atoms with E-state index < -0.39 is 0 Å². The summed E-state index contributed by atoms with van der Waals surface area (Å²) in [6.07, 6.45) is 2.38. The van der Waals surface area contributed by atoms with Gasteiger partial charge in [0.05, 0.1) is 0 Å². The highest BCUT2D eigenvalue weighted by Gasteiger charge is 2.21. The molecule has 4 aromatic rings. The number of benzene rings is 2. The predicted molar refractivity (Wildman–Crippen MR) is 109 cm³/mol. The van der Waals surface area contributed by atoms with Crippen LogP contribution < -0.4 is 10.2 Å². The van der Waals surface area contributed by atoms with Crippen LogP contribution >= 0.6 is 0 Å². The van der Waals surface area contributed by atoms with Crippen molar-refractivity contribution >= 4 is 33.8 Å². The fourth-order valence-corrected chi connectivity index (χ4v) is 3.81. The van der Waals surface area contributed by atoms with E-state index >= 15 is 0 Å². The molecule has 2 aromatic carbocycles. The van der Waals surface area contributed by atoms with Gasteiger partial charge in [-0.1, -0.05) is 24.3 Å². The molecule has 1 amide bonds. The number of amides is 1. The van der Waals surface area contributed by atoms with Gasteiger partial charge in [-0.05, 0) is 37.1 Å². The monoisotopic (exact) mass is 372 g/mol. The quantitative estimate of drug-likeness (QED) is 0.596.